The second-order valence-corrected chi connectivity index (χ2v) is 10.7. The quantitative estimate of drug-likeness (QED) is 0.449. The van der Waals surface area contributed by atoms with Gasteiger partial charge in [0.15, 0.2) is 0 Å². The molecule has 0 aromatic heterocycles. The second-order valence-electron chi connectivity index (χ2n) is 10.7. The van der Waals surface area contributed by atoms with E-state index in [1.54, 1.807) is 18.2 Å². The highest BCUT2D eigenvalue weighted by molar-refractivity contribution is 6.28. The zero-order valence-electron chi connectivity index (χ0n) is 20.7. The van der Waals surface area contributed by atoms with Gasteiger partial charge in [0.05, 0.1) is 5.69 Å². The number of nitrogens with zero attached hydrogens (tertiary/aromatic N) is 3. The number of rotatable bonds is 4. The predicted molar refractivity (Wildman–Crippen MR) is 140 cm³/mol. The zero-order chi connectivity index (χ0) is 24.8. The minimum atomic E-state index is -0.337. The van der Waals surface area contributed by atoms with Gasteiger partial charge >= 0.3 is 0 Å². The number of hydrogen-bond acceptors (Lipinski definition) is 5. The molecule has 0 fully saturated rings. The molecule has 6 heteroatoms. The van der Waals surface area contributed by atoms with Crippen LogP contribution < -0.4 is 9.91 Å². The maximum Gasteiger partial charge on any atom is 0.299 e. The largest absolute Gasteiger partial charge is 0.407 e. The Morgan fingerprint density at radius 1 is 0.971 bits per heavy atom. The molecule has 2 aromatic rings. The van der Waals surface area contributed by atoms with Crippen LogP contribution in [0.1, 0.15) is 57.2 Å². The third-order valence-electron chi connectivity index (χ3n) is 7.48. The molecular formula is C29H31N3O3. The van der Waals surface area contributed by atoms with Crippen LogP contribution in [0, 0.1) is 0 Å². The minimum Gasteiger partial charge on any atom is -0.407 e. The molecule has 0 aliphatic carbocycles. The summed E-state index contributed by atoms with van der Waals surface area (Å²) in [6, 6.07) is 13.6. The molecule has 35 heavy (non-hydrogen) atoms. The van der Waals surface area contributed by atoms with E-state index in [0.717, 1.165) is 31.5 Å². The number of para-hydroxylation sites is 1. The van der Waals surface area contributed by atoms with Gasteiger partial charge in [-0.25, -0.2) is 0 Å². The number of carbonyl (C=O) groups is 2. The van der Waals surface area contributed by atoms with E-state index in [4.69, 9.17) is 4.74 Å². The van der Waals surface area contributed by atoms with Gasteiger partial charge in [-0.05, 0) is 70.7 Å². The van der Waals surface area contributed by atoms with Crippen molar-refractivity contribution < 1.29 is 14.3 Å². The van der Waals surface area contributed by atoms with E-state index in [2.05, 4.69) is 49.8 Å². The molecule has 0 unspecified atom stereocenters. The molecule has 1 amide bonds. The van der Waals surface area contributed by atoms with Crippen LogP contribution in [0.25, 0.3) is 6.08 Å². The molecule has 180 valence electrons. The minimum absolute atomic E-state index is 0.00283. The molecule has 0 bridgehead atoms. The van der Waals surface area contributed by atoms with Crippen molar-refractivity contribution in [3.8, 4) is 0 Å². The Morgan fingerprint density at radius 2 is 1.60 bits per heavy atom. The van der Waals surface area contributed by atoms with Crippen LogP contribution in [0.3, 0.4) is 0 Å². The number of hydrazone groups is 1. The average molecular weight is 470 g/mol. The van der Waals surface area contributed by atoms with Gasteiger partial charge in [0.2, 0.25) is 0 Å². The molecule has 3 aliphatic heterocycles. The Morgan fingerprint density at radius 3 is 2.20 bits per heavy atom. The first kappa shape index (κ1) is 23.1. The number of amides is 1. The molecule has 3 heterocycles. The summed E-state index contributed by atoms with van der Waals surface area (Å²) in [5.41, 5.74) is 6.34. The maximum absolute atomic E-state index is 13.0. The molecule has 0 saturated carbocycles. The first-order valence-electron chi connectivity index (χ1n) is 12.1. The highest BCUT2D eigenvalue weighted by Gasteiger charge is 2.40. The number of hydrogen-bond donors (Lipinski definition) is 0. The van der Waals surface area contributed by atoms with Crippen LogP contribution in [-0.2, 0) is 25.2 Å². The monoisotopic (exact) mass is 469 g/mol. The van der Waals surface area contributed by atoms with Gasteiger partial charge in [0.1, 0.15) is 5.57 Å². The SMILES string of the molecule is CC1(C)CCN2CCC(C)(C)c3cc(/C=C/C=C4\C(=O)N(c5ccccc5)N=C4OC=O)cc1c32. The molecular weight excluding hydrogens is 438 g/mol. The standard InChI is InChI=1S/C29H31N3O3/c1-28(2)13-15-31-16-14-29(3,4)24-18-20(17-23(28)25(24)31)9-8-12-22-26(35-19-33)30-32(27(22)34)21-10-6-5-7-11-21/h5-12,17-19H,13-16H2,1-4H3/b9-8+,22-12-. The Bertz CT molecular complexity index is 1230. The van der Waals surface area contributed by atoms with E-state index in [0.29, 0.717) is 12.2 Å². The van der Waals surface area contributed by atoms with E-state index >= 15 is 0 Å². The van der Waals surface area contributed by atoms with Crippen LogP contribution in [0.4, 0.5) is 11.4 Å². The van der Waals surface area contributed by atoms with Crippen molar-refractivity contribution in [2.75, 3.05) is 23.0 Å². The molecule has 6 nitrogen and oxygen atoms in total. The van der Waals surface area contributed by atoms with Crippen molar-refractivity contribution in [1.29, 1.82) is 0 Å². The van der Waals surface area contributed by atoms with E-state index < -0.39 is 0 Å². The number of ether oxygens (including phenoxy) is 1. The first-order valence-corrected chi connectivity index (χ1v) is 12.1. The molecule has 3 aliphatic rings. The fourth-order valence-electron chi connectivity index (χ4n) is 5.23. The molecule has 5 rings (SSSR count). The Hall–Kier alpha value is -3.67. The van der Waals surface area contributed by atoms with Crippen molar-refractivity contribution in [3.63, 3.8) is 0 Å². The average Bonchev–Trinajstić information content (AvgIpc) is 3.14. The van der Waals surface area contributed by atoms with Gasteiger partial charge in [-0.15, -0.1) is 5.10 Å². The highest BCUT2D eigenvalue weighted by Crippen LogP contribution is 2.49. The lowest BCUT2D eigenvalue weighted by atomic mass is 9.69. The number of anilines is 2. The van der Waals surface area contributed by atoms with Crippen LogP contribution in [0.15, 0.2) is 65.3 Å². The zero-order valence-corrected chi connectivity index (χ0v) is 20.7. The topological polar surface area (TPSA) is 62.2 Å². The summed E-state index contributed by atoms with van der Waals surface area (Å²) in [6.45, 7) is 11.8. The Labute approximate surface area is 206 Å². The lowest BCUT2D eigenvalue weighted by Crippen LogP contribution is -2.44. The normalized spacial score (nSPS) is 21.3. The smallest absolute Gasteiger partial charge is 0.299 e. The number of carbonyl (C=O) groups excluding carboxylic acids is 2. The van der Waals surface area contributed by atoms with Crippen LogP contribution in [-0.4, -0.2) is 31.4 Å². The number of benzene rings is 2. The van der Waals surface area contributed by atoms with E-state index in [9.17, 15) is 9.59 Å². The highest BCUT2D eigenvalue weighted by atomic mass is 16.5. The van der Waals surface area contributed by atoms with E-state index in [1.807, 2.05) is 30.4 Å². The first-order chi connectivity index (χ1) is 16.7. The van der Waals surface area contributed by atoms with Gasteiger partial charge in [0, 0.05) is 18.8 Å². The molecule has 0 atom stereocenters. The van der Waals surface area contributed by atoms with Gasteiger partial charge < -0.3 is 9.64 Å². The summed E-state index contributed by atoms with van der Waals surface area (Å²) in [5, 5.41) is 5.47. The van der Waals surface area contributed by atoms with Gasteiger partial charge in [-0.1, -0.05) is 58.0 Å². The Kier molecular flexibility index (Phi) is 5.62. The third kappa shape index (κ3) is 4.07. The maximum atomic E-state index is 13.0. The predicted octanol–water partition coefficient (Wildman–Crippen LogP) is 5.33. The van der Waals surface area contributed by atoms with Crippen LogP contribution >= 0.6 is 0 Å². The van der Waals surface area contributed by atoms with Gasteiger partial charge in [0.25, 0.3) is 18.3 Å². The van der Waals surface area contributed by atoms with Crippen molar-refractivity contribution in [3.05, 3.63) is 76.9 Å². The third-order valence-corrected chi connectivity index (χ3v) is 7.48. The molecule has 0 saturated heterocycles. The summed E-state index contributed by atoms with van der Waals surface area (Å²) in [6.07, 6.45) is 7.78. The summed E-state index contributed by atoms with van der Waals surface area (Å²) in [5.74, 6) is -0.340. The number of allylic oxidation sites excluding steroid dienone is 2. The lowest BCUT2D eigenvalue weighted by Gasteiger charge is -2.48. The van der Waals surface area contributed by atoms with Gasteiger partial charge in [-0.3, -0.25) is 9.59 Å². The summed E-state index contributed by atoms with van der Waals surface area (Å²) < 4.78 is 5.02. The van der Waals surface area contributed by atoms with E-state index in [-0.39, 0.29) is 28.2 Å². The van der Waals surface area contributed by atoms with Crippen molar-refractivity contribution in [2.45, 2.75) is 51.4 Å². The summed E-state index contributed by atoms with van der Waals surface area (Å²) in [7, 11) is 0. The van der Waals surface area contributed by atoms with Crippen molar-refractivity contribution in [2.24, 2.45) is 5.10 Å². The fourth-order valence-corrected chi connectivity index (χ4v) is 5.23. The Balaban J connectivity index is 1.50. The second kappa shape index (κ2) is 8.52. The van der Waals surface area contributed by atoms with Crippen LogP contribution in [0.2, 0.25) is 0 Å². The summed E-state index contributed by atoms with van der Waals surface area (Å²) in [4.78, 5) is 26.6. The van der Waals surface area contributed by atoms with Crippen LogP contribution in [0.5, 0.6) is 0 Å². The van der Waals surface area contributed by atoms with Crippen molar-refractivity contribution in [1.82, 2.24) is 0 Å². The van der Waals surface area contributed by atoms with Gasteiger partial charge in [-0.2, -0.15) is 5.01 Å². The molecule has 0 radical (unpaired) electrons. The van der Waals surface area contributed by atoms with E-state index in [1.165, 1.54) is 21.8 Å². The fraction of sp³-hybridized carbons (Fsp3) is 0.345. The summed E-state index contributed by atoms with van der Waals surface area (Å²) >= 11 is 0. The van der Waals surface area contributed by atoms with Crippen molar-refractivity contribution >= 4 is 35.7 Å². The molecule has 0 spiro atoms. The lowest BCUT2D eigenvalue weighted by molar-refractivity contribution is -0.121. The molecule has 2 aromatic carbocycles. The molecule has 0 N–H and O–H groups in total.